The second-order valence-electron chi connectivity index (χ2n) is 8.88. The lowest BCUT2D eigenvalue weighted by Crippen LogP contribution is -2.44. The summed E-state index contributed by atoms with van der Waals surface area (Å²) in [5.74, 6) is 1.40. The molecule has 0 aliphatic carbocycles. The van der Waals surface area contributed by atoms with Crippen LogP contribution in [0.5, 0.6) is 5.75 Å². The second kappa shape index (κ2) is 9.40. The second-order valence-corrected chi connectivity index (χ2v) is 8.88. The van der Waals surface area contributed by atoms with Gasteiger partial charge >= 0.3 is 0 Å². The summed E-state index contributed by atoms with van der Waals surface area (Å²) in [6.07, 6.45) is 3.87. The molecule has 29 heavy (non-hydrogen) atoms. The molecule has 156 valence electrons. The SMILES string of the molecule is COc1ccccc1CN1CCC([C@H](NC(=O)C(C)(C)C)c2ccccn2)CC1. The molecular weight excluding hydrogens is 362 g/mol. The zero-order chi connectivity index (χ0) is 20.9. The third-order valence-electron chi connectivity index (χ3n) is 5.66. The van der Waals surface area contributed by atoms with E-state index in [-0.39, 0.29) is 11.9 Å². The molecule has 5 heteroatoms. The molecule has 1 aliphatic heterocycles. The van der Waals surface area contributed by atoms with E-state index in [1.54, 1.807) is 7.11 Å². The summed E-state index contributed by atoms with van der Waals surface area (Å²) in [5, 5.41) is 3.29. The molecule has 0 unspecified atom stereocenters. The minimum atomic E-state index is -0.419. The first-order valence-corrected chi connectivity index (χ1v) is 10.4. The maximum atomic E-state index is 12.7. The molecule has 1 aromatic heterocycles. The van der Waals surface area contributed by atoms with Crippen LogP contribution in [0, 0.1) is 11.3 Å². The third kappa shape index (κ3) is 5.57. The highest BCUT2D eigenvalue weighted by Crippen LogP contribution is 2.32. The standard InChI is InChI=1S/C24H33N3O2/c1-24(2,3)23(28)26-22(20-10-7-8-14-25-20)18-12-15-27(16-13-18)17-19-9-5-6-11-21(19)29-4/h5-11,14,18,22H,12-13,15-17H2,1-4H3,(H,26,28)/t22-/m0/s1. The van der Waals surface area contributed by atoms with Gasteiger partial charge in [-0.1, -0.05) is 45.0 Å². The number of rotatable bonds is 6. The number of ether oxygens (including phenoxy) is 1. The van der Waals surface area contributed by atoms with Gasteiger partial charge in [-0.3, -0.25) is 14.7 Å². The minimum absolute atomic E-state index is 0.0451. The number of piperidine rings is 1. The van der Waals surface area contributed by atoms with Crippen molar-refractivity contribution in [2.45, 2.75) is 46.2 Å². The van der Waals surface area contributed by atoms with E-state index in [4.69, 9.17) is 4.74 Å². The molecule has 0 spiro atoms. The summed E-state index contributed by atoms with van der Waals surface area (Å²) >= 11 is 0. The van der Waals surface area contributed by atoms with Crippen molar-refractivity contribution in [1.82, 2.24) is 15.2 Å². The van der Waals surface area contributed by atoms with Crippen LogP contribution >= 0.6 is 0 Å². The third-order valence-corrected chi connectivity index (χ3v) is 5.66. The van der Waals surface area contributed by atoms with Gasteiger partial charge in [-0.2, -0.15) is 0 Å². The van der Waals surface area contributed by atoms with E-state index in [9.17, 15) is 4.79 Å². The monoisotopic (exact) mass is 395 g/mol. The molecule has 1 N–H and O–H groups in total. The number of aromatic nitrogens is 1. The Bertz CT molecular complexity index is 793. The molecule has 0 saturated carbocycles. The van der Waals surface area contributed by atoms with Crippen LogP contribution in [0.2, 0.25) is 0 Å². The maximum absolute atomic E-state index is 12.7. The van der Waals surface area contributed by atoms with Gasteiger partial charge in [0.1, 0.15) is 5.75 Å². The molecule has 2 heterocycles. The number of hydrogen-bond donors (Lipinski definition) is 1. The van der Waals surface area contributed by atoms with E-state index >= 15 is 0 Å². The topological polar surface area (TPSA) is 54.5 Å². The number of carbonyl (C=O) groups is 1. The molecular formula is C24H33N3O2. The van der Waals surface area contributed by atoms with Gasteiger partial charge in [0.25, 0.3) is 0 Å². The van der Waals surface area contributed by atoms with Gasteiger partial charge in [-0.25, -0.2) is 0 Å². The number of para-hydroxylation sites is 1. The fourth-order valence-electron chi connectivity index (χ4n) is 3.87. The first kappa shape index (κ1) is 21.3. The van der Waals surface area contributed by atoms with Gasteiger partial charge in [0.15, 0.2) is 0 Å². The highest BCUT2D eigenvalue weighted by atomic mass is 16.5. The van der Waals surface area contributed by atoms with E-state index in [0.717, 1.165) is 43.9 Å². The number of carbonyl (C=O) groups excluding carboxylic acids is 1. The summed E-state index contributed by atoms with van der Waals surface area (Å²) in [7, 11) is 1.72. The Hall–Kier alpha value is -2.40. The Kier molecular flexibility index (Phi) is 6.91. The molecule has 1 fully saturated rings. The van der Waals surface area contributed by atoms with Crippen LogP contribution in [0.15, 0.2) is 48.7 Å². The van der Waals surface area contributed by atoms with Gasteiger partial charge in [-0.05, 0) is 50.0 Å². The zero-order valence-corrected chi connectivity index (χ0v) is 18.0. The van der Waals surface area contributed by atoms with Crippen LogP contribution in [0.4, 0.5) is 0 Å². The van der Waals surface area contributed by atoms with E-state index in [2.05, 4.69) is 27.3 Å². The number of benzene rings is 1. The predicted octanol–water partition coefficient (Wildman–Crippen LogP) is 4.21. The Morgan fingerprint density at radius 3 is 2.48 bits per heavy atom. The molecule has 1 atom stereocenters. The Labute approximate surface area is 174 Å². The molecule has 3 rings (SSSR count). The van der Waals surface area contributed by atoms with Crippen molar-refractivity contribution in [3.05, 3.63) is 59.9 Å². The van der Waals surface area contributed by atoms with Gasteiger partial charge in [0.2, 0.25) is 5.91 Å². The van der Waals surface area contributed by atoms with Crippen molar-refractivity contribution in [3.8, 4) is 5.75 Å². The minimum Gasteiger partial charge on any atom is -0.496 e. The normalized spacial score (nSPS) is 17.0. The number of methoxy groups -OCH3 is 1. The van der Waals surface area contributed by atoms with Gasteiger partial charge in [0, 0.05) is 23.7 Å². The lowest BCUT2D eigenvalue weighted by molar-refractivity contribution is -0.129. The summed E-state index contributed by atoms with van der Waals surface area (Å²) in [6, 6.07) is 14.1. The zero-order valence-electron chi connectivity index (χ0n) is 18.0. The van der Waals surface area contributed by atoms with Crippen molar-refractivity contribution in [2.75, 3.05) is 20.2 Å². The summed E-state index contributed by atoms with van der Waals surface area (Å²) < 4.78 is 5.50. The van der Waals surface area contributed by atoms with E-state index in [0.29, 0.717) is 5.92 Å². The Morgan fingerprint density at radius 2 is 1.86 bits per heavy atom. The highest BCUT2D eigenvalue weighted by Gasteiger charge is 2.32. The van der Waals surface area contributed by atoms with E-state index in [1.807, 2.05) is 57.3 Å². The number of likely N-dealkylation sites (tertiary alicyclic amines) is 1. The molecule has 1 saturated heterocycles. The van der Waals surface area contributed by atoms with Crippen molar-refractivity contribution in [1.29, 1.82) is 0 Å². The fraction of sp³-hybridized carbons (Fsp3) is 0.500. The van der Waals surface area contributed by atoms with Crippen LogP contribution in [0.3, 0.4) is 0 Å². The number of amides is 1. The average molecular weight is 396 g/mol. The van der Waals surface area contributed by atoms with Crippen LogP contribution in [0.25, 0.3) is 0 Å². The lowest BCUT2D eigenvalue weighted by atomic mass is 9.85. The number of nitrogens with one attached hydrogen (secondary N) is 1. The molecule has 0 radical (unpaired) electrons. The maximum Gasteiger partial charge on any atom is 0.225 e. The van der Waals surface area contributed by atoms with Gasteiger partial charge in [0.05, 0.1) is 18.8 Å². The molecule has 1 amide bonds. The molecule has 5 nitrogen and oxygen atoms in total. The largest absolute Gasteiger partial charge is 0.496 e. The Balaban J connectivity index is 1.67. The van der Waals surface area contributed by atoms with Crippen LogP contribution in [0.1, 0.15) is 50.9 Å². The first-order chi connectivity index (χ1) is 13.9. The molecule has 1 aromatic carbocycles. The molecule has 2 aromatic rings. The Morgan fingerprint density at radius 1 is 1.17 bits per heavy atom. The first-order valence-electron chi connectivity index (χ1n) is 10.4. The van der Waals surface area contributed by atoms with Crippen molar-refractivity contribution in [2.24, 2.45) is 11.3 Å². The van der Waals surface area contributed by atoms with Gasteiger partial charge < -0.3 is 10.1 Å². The van der Waals surface area contributed by atoms with Crippen molar-refractivity contribution >= 4 is 5.91 Å². The van der Waals surface area contributed by atoms with Crippen molar-refractivity contribution < 1.29 is 9.53 Å². The van der Waals surface area contributed by atoms with Gasteiger partial charge in [-0.15, -0.1) is 0 Å². The fourth-order valence-corrected chi connectivity index (χ4v) is 3.87. The van der Waals surface area contributed by atoms with Crippen molar-refractivity contribution in [3.63, 3.8) is 0 Å². The molecule has 0 bridgehead atoms. The average Bonchev–Trinajstić information content (AvgIpc) is 2.73. The van der Waals surface area contributed by atoms with E-state index < -0.39 is 5.41 Å². The number of nitrogens with zero attached hydrogens (tertiary/aromatic N) is 2. The smallest absolute Gasteiger partial charge is 0.225 e. The predicted molar refractivity (Wildman–Crippen MR) is 116 cm³/mol. The summed E-state index contributed by atoms with van der Waals surface area (Å²) in [4.78, 5) is 19.7. The number of hydrogen-bond acceptors (Lipinski definition) is 4. The highest BCUT2D eigenvalue weighted by molar-refractivity contribution is 5.81. The van der Waals surface area contributed by atoms with Crippen LogP contribution in [-0.2, 0) is 11.3 Å². The summed E-state index contributed by atoms with van der Waals surface area (Å²) in [6.45, 7) is 8.74. The number of pyridine rings is 1. The van der Waals surface area contributed by atoms with Crippen LogP contribution < -0.4 is 10.1 Å². The van der Waals surface area contributed by atoms with E-state index in [1.165, 1.54) is 5.56 Å². The summed E-state index contributed by atoms with van der Waals surface area (Å²) in [5.41, 5.74) is 1.75. The quantitative estimate of drug-likeness (QED) is 0.796. The van der Waals surface area contributed by atoms with Crippen LogP contribution in [-0.4, -0.2) is 36.0 Å². The lowest BCUT2D eigenvalue weighted by Gasteiger charge is -2.37. The molecule has 1 aliphatic rings.